The molecular weight excluding hydrogens is 190 g/mol. The highest BCUT2D eigenvalue weighted by atomic mass is 32.2. The molecule has 1 heterocycles. The number of sulfonamides is 1. The molecule has 0 spiro atoms. The summed E-state index contributed by atoms with van der Waals surface area (Å²) in [6, 6.07) is 3.09. The van der Waals surface area contributed by atoms with E-state index in [1.54, 1.807) is 13.1 Å². The zero-order valence-electron chi connectivity index (χ0n) is 7.40. The average molecular weight is 201 g/mol. The predicted octanol–water partition coefficient (Wildman–Crippen LogP) is 0.0314. The van der Waals surface area contributed by atoms with Gasteiger partial charge in [-0.05, 0) is 19.2 Å². The molecule has 0 bridgehead atoms. The van der Waals surface area contributed by atoms with Gasteiger partial charge in [0.2, 0.25) is 10.0 Å². The van der Waals surface area contributed by atoms with Crippen molar-refractivity contribution in [3.63, 3.8) is 0 Å². The minimum Gasteiger partial charge on any atom is -0.373 e. The van der Waals surface area contributed by atoms with Gasteiger partial charge in [0.05, 0.1) is 0 Å². The van der Waals surface area contributed by atoms with Gasteiger partial charge < -0.3 is 5.32 Å². The molecule has 72 valence electrons. The smallest absolute Gasteiger partial charge is 0.241 e. The third-order valence-corrected chi connectivity index (χ3v) is 2.97. The van der Waals surface area contributed by atoms with Gasteiger partial charge in [0.25, 0.3) is 0 Å². The number of hydrogen-bond acceptors (Lipinski definition) is 4. The van der Waals surface area contributed by atoms with E-state index < -0.39 is 10.0 Å². The fourth-order valence-corrected chi connectivity index (χ4v) is 1.48. The van der Waals surface area contributed by atoms with Crippen LogP contribution in [0.15, 0.2) is 23.2 Å². The Morgan fingerprint density at radius 1 is 1.31 bits per heavy atom. The van der Waals surface area contributed by atoms with Crippen LogP contribution in [0.3, 0.4) is 0 Å². The second-order valence-corrected chi connectivity index (χ2v) is 4.22. The molecule has 13 heavy (non-hydrogen) atoms. The molecule has 0 fully saturated rings. The van der Waals surface area contributed by atoms with Crippen molar-refractivity contribution in [3.05, 3.63) is 18.3 Å². The predicted molar refractivity (Wildman–Crippen MR) is 50.0 cm³/mol. The van der Waals surface area contributed by atoms with Crippen molar-refractivity contribution < 1.29 is 8.42 Å². The molecule has 0 aliphatic rings. The van der Waals surface area contributed by atoms with E-state index in [2.05, 4.69) is 15.0 Å². The van der Waals surface area contributed by atoms with Crippen molar-refractivity contribution in [2.24, 2.45) is 0 Å². The summed E-state index contributed by atoms with van der Waals surface area (Å²) >= 11 is 0. The van der Waals surface area contributed by atoms with Gasteiger partial charge in [0.1, 0.15) is 10.7 Å². The number of pyridine rings is 1. The number of hydrogen-bond donors (Lipinski definition) is 2. The summed E-state index contributed by atoms with van der Waals surface area (Å²) in [6.07, 6.45) is 1.30. The number of nitrogens with zero attached hydrogens (tertiary/aromatic N) is 1. The Morgan fingerprint density at radius 2 is 2.00 bits per heavy atom. The molecule has 0 aliphatic heterocycles. The van der Waals surface area contributed by atoms with Crippen LogP contribution in [-0.4, -0.2) is 27.5 Å². The van der Waals surface area contributed by atoms with Crippen LogP contribution in [0.1, 0.15) is 0 Å². The number of rotatable bonds is 3. The second-order valence-electron chi connectivity index (χ2n) is 2.34. The molecule has 6 heteroatoms. The topological polar surface area (TPSA) is 71.1 Å². The van der Waals surface area contributed by atoms with E-state index in [-0.39, 0.29) is 4.90 Å². The monoisotopic (exact) mass is 201 g/mol. The first kappa shape index (κ1) is 9.94. The van der Waals surface area contributed by atoms with Gasteiger partial charge in [-0.25, -0.2) is 18.1 Å². The SMILES string of the molecule is CNc1ccc(S(=O)(=O)NC)cn1. The summed E-state index contributed by atoms with van der Waals surface area (Å²) < 4.78 is 24.7. The first-order valence-corrected chi connectivity index (χ1v) is 5.16. The minimum absolute atomic E-state index is 0.161. The van der Waals surface area contributed by atoms with Gasteiger partial charge in [-0.3, -0.25) is 0 Å². The summed E-state index contributed by atoms with van der Waals surface area (Å²) in [5.74, 6) is 0.634. The molecular formula is C7H11N3O2S. The first-order valence-electron chi connectivity index (χ1n) is 3.67. The highest BCUT2D eigenvalue weighted by Gasteiger charge is 2.10. The first-order chi connectivity index (χ1) is 6.10. The lowest BCUT2D eigenvalue weighted by atomic mass is 10.5. The number of aromatic nitrogens is 1. The maximum absolute atomic E-state index is 11.2. The van der Waals surface area contributed by atoms with Crippen LogP contribution in [0, 0.1) is 0 Å². The zero-order chi connectivity index (χ0) is 9.90. The highest BCUT2D eigenvalue weighted by Crippen LogP contribution is 2.08. The maximum Gasteiger partial charge on any atom is 0.241 e. The van der Waals surface area contributed by atoms with Crippen molar-refractivity contribution in [1.82, 2.24) is 9.71 Å². The molecule has 5 nitrogen and oxygen atoms in total. The van der Waals surface area contributed by atoms with Gasteiger partial charge >= 0.3 is 0 Å². The van der Waals surface area contributed by atoms with Gasteiger partial charge in [-0.2, -0.15) is 0 Å². The van der Waals surface area contributed by atoms with E-state index in [1.807, 2.05) is 0 Å². The Labute approximate surface area is 77.2 Å². The fourth-order valence-electron chi connectivity index (χ4n) is 0.805. The van der Waals surface area contributed by atoms with Gasteiger partial charge in [0, 0.05) is 13.2 Å². The Kier molecular flexibility index (Phi) is 2.84. The zero-order valence-corrected chi connectivity index (χ0v) is 8.22. The third kappa shape index (κ3) is 2.16. The van der Waals surface area contributed by atoms with Crippen LogP contribution in [0.4, 0.5) is 5.82 Å². The molecule has 0 amide bonds. The molecule has 0 aliphatic carbocycles. The summed E-state index contributed by atoms with van der Waals surface area (Å²) in [5, 5.41) is 2.80. The number of nitrogens with one attached hydrogen (secondary N) is 2. The van der Waals surface area contributed by atoms with Crippen LogP contribution in [0.5, 0.6) is 0 Å². The lowest BCUT2D eigenvalue weighted by Gasteiger charge is -2.02. The Hall–Kier alpha value is -1.14. The van der Waals surface area contributed by atoms with Crippen LogP contribution in [0.25, 0.3) is 0 Å². The van der Waals surface area contributed by atoms with Crippen LogP contribution in [0.2, 0.25) is 0 Å². The molecule has 0 saturated carbocycles. The fraction of sp³-hybridized carbons (Fsp3) is 0.286. The van der Waals surface area contributed by atoms with E-state index in [1.165, 1.54) is 19.3 Å². The molecule has 0 saturated heterocycles. The van der Waals surface area contributed by atoms with E-state index >= 15 is 0 Å². The maximum atomic E-state index is 11.2. The molecule has 1 aromatic rings. The van der Waals surface area contributed by atoms with E-state index in [9.17, 15) is 8.42 Å². The van der Waals surface area contributed by atoms with Gasteiger partial charge in [-0.15, -0.1) is 0 Å². The van der Waals surface area contributed by atoms with Gasteiger partial charge in [-0.1, -0.05) is 0 Å². The van der Waals surface area contributed by atoms with Gasteiger partial charge in [0.15, 0.2) is 0 Å². The van der Waals surface area contributed by atoms with E-state index in [0.29, 0.717) is 5.82 Å². The van der Waals surface area contributed by atoms with E-state index in [4.69, 9.17) is 0 Å². The van der Waals surface area contributed by atoms with Crippen molar-refractivity contribution in [2.75, 3.05) is 19.4 Å². The molecule has 0 atom stereocenters. The molecule has 0 unspecified atom stereocenters. The molecule has 2 N–H and O–H groups in total. The Morgan fingerprint density at radius 3 is 2.38 bits per heavy atom. The van der Waals surface area contributed by atoms with E-state index in [0.717, 1.165) is 0 Å². The molecule has 1 rings (SSSR count). The summed E-state index contributed by atoms with van der Waals surface area (Å²) in [4.78, 5) is 4.04. The summed E-state index contributed by atoms with van der Waals surface area (Å²) in [7, 11) is -0.284. The minimum atomic E-state index is -3.36. The van der Waals surface area contributed by atoms with Crippen molar-refractivity contribution in [2.45, 2.75) is 4.90 Å². The molecule has 0 aromatic carbocycles. The number of anilines is 1. The molecule has 0 radical (unpaired) electrons. The third-order valence-electron chi connectivity index (χ3n) is 1.57. The van der Waals surface area contributed by atoms with Crippen molar-refractivity contribution in [1.29, 1.82) is 0 Å². The van der Waals surface area contributed by atoms with Crippen LogP contribution >= 0.6 is 0 Å². The van der Waals surface area contributed by atoms with Crippen LogP contribution < -0.4 is 10.0 Å². The lowest BCUT2D eigenvalue weighted by Crippen LogP contribution is -2.18. The van der Waals surface area contributed by atoms with Crippen molar-refractivity contribution in [3.8, 4) is 0 Å². The van der Waals surface area contributed by atoms with Crippen LogP contribution in [-0.2, 0) is 10.0 Å². The quantitative estimate of drug-likeness (QED) is 0.724. The average Bonchev–Trinajstić information content (AvgIpc) is 2.18. The second kappa shape index (κ2) is 3.71. The Balaban J connectivity index is 3.06. The standard InChI is InChI=1S/C7H11N3O2S/c1-8-7-4-3-6(5-10-7)13(11,12)9-2/h3-5,9H,1-2H3,(H,8,10). The summed E-state index contributed by atoms with van der Waals surface area (Å²) in [5.41, 5.74) is 0. The molecule has 1 aromatic heterocycles. The lowest BCUT2D eigenvalue weighted by molar-refractivity contribution is 0.588. The largest absolute Gasteiger partial charge is 0.373 e. The Bertz CT molecular complexity index is 371. The highest BCUT2D eigenvalue weighted by molar-refractivity contribution is 7.89. The van der Waals surface area contributed by atoms with Crippen molar-refractivity contribution >= 4 is 15.8 Å². The summed E-state index contributed by atoms with van der Waals surface area (Å²) in [6.45, 7) is 0. The normalized spacial score (nSPS) is 11.2.